The lowest BCUT2D eigenvalue weighted by atomic mass is 10.3. The molecule has 1 rings (SSSR count). The van der Waals surface area contributed by atoms with E-state index in [1.807, 2.05) is 31.0 Å². The maximum absolute atomic E-state index is 10.5. The summed E-state index contributed by atoms with van der Waals surface area (Å²) in [4.78, 5) is 14.6. The molecule has 0 spiro atoms. The number of carbonyl (C=O) groups excluding carboxylic acids is 1. The summed E-state index contributed by atoms with van der Waals surface area (Å²) >= 11 is 0. The Morgan fingerprint density at radius 3 is 2.71 bits per heavy atom. The first kappa shape index (κ1) is 10.6. The fraction of sp³-hybridized carbons (Fsp3) is 0.364. The first-order valence-electron chi connectivity index (χ1n) is 4.63. The van der Waals surface area contributed by atoms with Gasteiger partial charge in [0.1, 0.15) is 6.29 Å². The van der Waals surface area contributed by atoms with E-state index in [4.69, 9.17) is 0 Å². The molecule has 0 atom stereocenters. The van der Waals surface area contributed by atoms with Crippen LogP contribution in [0.3, 0.4) is 0 Å². The number of carbonyl (C=O) groups is 1. The number of hydrogen-bond donors (Lipinski definition) is 0. The van der Waals surface area contributed by atoms with Crippen LogP contribution in [-0.2, 0) is 4.79 Å². The lowest BCUT2D eigenvalue weighted by Gasteiger charge is -2.17. The lowest BCUT2D eigenvalue weighted by Crippen LogP contribution is -2.26. The molecule has 0 amide bonds. The molecule has 0 fully saturated rings. The molecule has 0 aliphatic carbocycles. The van der Waals surface area contributed by atoms with Crippen LogP contribution in [0.4, 0.5) is 0 Å². The quantitative estimate of drug-likeness (QED) is 0.628. The van der Waals surface area contributed by atoms with Gasteiger partial charge in [-0.15, -0.1) is 0 Å². The van der Waals surface area contributed by atoms with Crippen LogP contribution in [0.25, 0.3) is 0 Å². The van der Waals surface area contributed by atoms with E-state index in [9.17, 15) is 4.79 Å². The van der Waals surface area contributed by atoms with Crippen molar-refractivity contribution < 1.29 is 4.79 Å². The van der Waals surface area contributed by atoms with E-state index in [0.717, 1.165) is 24.3 Å². The summed E-state index contributed by atoms with van der Waals surface area (Å²) in [5, 5.41) is 0. The second-order valence-electron chi connectivity index (χ2n) is 3.20. The van der Waals surface area contributed by atoms with Crippen molar-refractivity contribution in [2.45, 2.75) is 6.92 Å². The molecule has 14 heavy (non-hydrogen) atoms. The monoisotopic (exact) mass is 192 g/mol. The van der Waals surface area contributed by atoms with E-state index in [2.05, 4.69) is 11.5 Å². The van der Waals surface area contributed by atoms with Crippen LogP contribution in [0, 0.1) is 0 Å². The molecule has 76 valence electrons. The fourth-order valence-electron chi connectivity index (χ4n) is 1.62. The van der Waals surface area contributed by atoms with Crippen molar-refractivity contribution >= 4 is 6.29 Å². The zero-order chi connectivity index (χ0) is 10.6. The second-order valence-corrected chi connectivity index (χ2v) is 3.20. The molecule has 0 aromatic heterocycles. The Morgan fingerprint density at radius 2 is 2.21 bits per heavy atom. The van der Waals surface area contributed by atoms with Gasteiger partial charge in [-0.2, -0.15) is 0 Å². The van der Waals surface area contributed by atoms with Crippen molar-refractivity contribution in [3.05, 3.63) is 36.2 Å². The topological polar surface area (TPSA) is 23.6 Å². The Morgan fingerprint density at radius 1 is 1.50 bits per heavy atom. The van der Waals surface area contributed by atoms with Gasteiger partial charge in [-0.1, -0.05) is 12.7 Å². The molecule has 0 saturated carbocycles. The van der Waals surface area contributed by atoms with E-state index in [1.54, 1.807) is 6.08 Å². The van der Waals surface area contributed by atoms with Gasteiger partial charge in [0.05, 0.1) is 24.6 Å². The van der Waals surface area contributed by atoms with Gasteiger partial charge in [-0.3, -0.25) is 0 Å². The summed E-state index contributed by atoms with van der Waals surface area (Å²) in [5.41, 5.74) is 2.14. The third-order valence-corrected chi connectivity index (χ3v) is 2.21. The minimum absolute atomic E-state index is 0.423. The summed E-state index contributed by atoms with van der Waals surface area (Å²) < 4.78 is 0. The second kappa shape index (κ2) is 4.65. The van der Waals surface area contributed by atoms with Crippen molar-refractivity contribution in [3.63, 3.8) is 0 Å². The van der Waals surface area contributed by atoms with Gasteiger partial charge in [-0.05, 0) is 19.1 Å². The highest BCUT2D eigenvalue weighted by Gasteiger charge is 2.21. The van der Waals surface area contributed by atoms with Gasteiger partial charge in [0.2, 0.25) is 0 Å². The molecular weight excluding hydrogens is 176 g/mol. The fourth-order valence-corrected chi connectivity index (χ4v) is 1.62. The molecule has 3 heteroatoms. The highest BCUT2D eigenvalue weighted by molar-refractivity contribution is 5.53. The minimum atomic E-state index is 0.423. The third kappa shape index (κ3) is 1.87. The zero-order valence-electron chi connectivity index (χ0n) is 8.73. The van der Waals surface area contributed by atoms with Crippen molar-refractivity contribution in [3.8, 4) is 0 Å². The number of aldehydes is 1. The van der Waals surface area contributed by atoms with Crippen molar-refractivity contribution in [1.29, 1.82) is 0 Å². The minimum Gasteiger partial charge on any atom is -0.355 e. The summed E-state index contributed by atoms with van der Waals surface area (Å²) in [7, 11) is 2.00. The van der Waals surface area contributed by atoms with Crippen LogP contribution in [0.1, 0.15) is 6.92 Å². The van der Waals surface area contributed by atoms with Crippen molar-refractivity contribution in [2.24, 2.45) is 0 Å². The molecule has 0 N–H and O–H groups in total. The molecule has 0 bridgehead atoms. The normalized spacial score (nSPS) is 17.0. The molecule has 3 nitrogen and oxygen atoms in total. The molecule has 0 saturated heterocycles. The molecular formula is C11H16N2O. The number of nitrogens with zero attached hydrogens (tertiary/aromatic N) is 2. The van der Waals surface area contributed by atoms with Crippen LogP contribution in [-0.4, -0.2) is 36.3 Å². The lowest BCUT2D eigenvalue weighted by molar-refractivity contribution is -0.108. The van der Waals surface area contributed by atoms with Crippen LogP contribution in [0.15, 0.2) is 36.2 Å². The van der Waals surface area contributed by atoms with Crippen LogP contribution in [0.2, 0.25) is 0 Å². The number of hydrogen-bond acceptors (Lipinski definition) is 3. The van der Waals surface area contributed by atoms with Gasteiger partial charge < -0.3 is 14.6 Å². The predicted molar refractivity (Wildman–Crippen MR) is 57.4 cm³/mol. The molecule has 0 aromatic rings. The smallest absolute Gasteiger partial charge is 0.139 e. The number of likely N-dealkylation sites (N-methyl/N-ethyl adjacent to an activating group) is 1. The molecule has 0 radical (unpaired) electrons. The Labute approximate surface area is 85.0 Å². The summed E-state index contributed by atoms with van der Waals surface area (Å²) in [6, 6.07) is 0. The Bertz CT molecular complexity index is 292. The predicted octanol–water partition coefficient (Wildman–Crippen LogP) is 1.36. The molecule has 1 aliphatic rings. The average molecular weight is 192 g/mol. The zero-order valence-corrected chi connectivity index (χ0v) is 8.73. The summed E-state index contributed by atoms with van der Waals surface area (Å²) in [6.45, 7) is 6.92. The summed E-state index contributed by atoms with van der Waals surface area (Å²) in [6.07, 6.45) is 6.72. The Kier molecular flexibility index (Phi) is 3.51. The van der Waals surface area contributed by atoms with E-state index >= 15 is 0 Å². The number of rotatable bonds is 4. The van der Waals surface area contributed by atoms with Gasteiger partial charge >= 0.3 is 0 Å². The molecule has 0 aromatic carbocycles. The summed E-state index contributed by atoms with van der Waals surface area (Å²) in [5.74, 6) is 0. The van der Waals surface area contributed by atoms with Gasteiger partial charge in [-0.25, -0.2) is 0 Å². The average Bonchev–Trinajstić information content (AvgIpc) is 2.44. The highest BCUT2D eigenvalue weighted by Crippen LogP contribution is 2.23. The Balaban J connectivity index is 2.97. The van der Waals surface area contributed by atoms with Crippen LogP contribution < -0.4 is 0 Å². The first-order valence-corrected chi connectivity index (χ1v) is 4.63. The van der Waals surface area contributed by atoms with Gasteiger partial charge in [0.15, 0.2) is 0 Å². The van der Waals surface area contributed by atoms with Crippen LogP contribution in [0.5, 0.6) is 0 Å². The van der Waals surface area contributed by atoms with Crippen molar-refractivity contribution in [2.75, 3.05) is 20.3 Å². The molecule has 1 heterocycles. The maximum atomic E-state index is 10.5. The first-order chi connectivity index (χ1) is 6.74. The maximum Gasteiger partial charge on any atom is 0.139 e. The van der Waals surface area contributed by atoms with Crippen molar-refractivity contribution in [1.82, 2.24) is 9.80 Å². The Hall–Kier alpha value is -1.51. The van der Waals surface area contributed by atoms with E-state index in [-0.39, 0.29) is 0 Å². The third-order valence-electron chi connectivity index (χ3n) is 2.21. The molecule has 1 aliphatic heterocycles. The number of allylic oxidation sites excluding steroid dienone is 3. The van der Waals surface area contributed by atoms with E-state index in [1.165, 1.54) is 0 Å². The van der Waals surface area contributed by atoms with Gasteiger partial charge in [0, 0.05) is 7.05 Å². The highest BCUT2D eigenvalue weighted by atomic mass is 16.1. The largest absolute Gasteiger partial charge is 0.355 e. The molecule has 0 unspecified atom stereocenters. The SMILES string of the molecule is C=CC1=C(/C=C\C)N(C)CN1CC=O. The standard InChI is InChI=1S/C11H16N2O/c1-4-6-11-10(5-2)13(7-8-14)9-12(11)3/h4-6,8H,2,7,9H2,1,3H3/b6-4-. The van der Waals surface area contributed by atoms with Gasteiger partial charge in [0.25, 0.3) is 0 Å². The van der Waals surface area contributed by atoms with E-state index < -0.39 is 0 Å². The van der Waals surface area contributed by atoms with E-state index in [0.29, 0.717) is 6.54 Å². The van der Waals surface area contributed by atoms with Crippen LogP contribution >= 0.6 is 0 Å².